The van der Waals surface area contributed by atoms with Crippen molar-refractivity contribution in [2.45, 2.75) is 32.5 Å². The van der Waals surface area contributed by atoms with Gasteiger partial charge in [0.05, 0.1) is 17.4 Å². The third-order valence-electron chi connectivity index (χ3n) is 4.61. The molecule has 0 saturated carbocycles. The second-order valence-corrected chi connectivity index (χ2v) is 6.69. The molecule has 0 aliphatic carbocycles. The average Bonchev–Trinajstić information content (AvgIpc) is 3.23. The summed E-state index contributed by atoms with van der Waals surface area (Å²) in [4.78, 5) is 23.8. The number of ether oxygens (including phenoxy) is 2. The van der Waals surface area contributed by atoms with Crippen molar-refractivity contribution in [3.05, 3.63) is 52.3 Å². The normalized spacial score (nSPS) is 21.6. The van der Waals surface area contributed by atoms with Crippen molar-refractivity contribution in [2.24, 2.45) is 11.7 Å². The first-order chi connectivity index (χ1) is 12.9. The monoisotopic (exact) mass is 368 g/mol. The minimum Gasteiger partial charge on any atom is -0.459 e. The largest absolute Gasteiger partial charge is 0.459 e. The second-order valence-electron chi connectivity index (χ2n) is 6.69. The molecule has 0 spiro atoms. The summed E-state index contributed by atoms with van der Waals surface area (Å²) >= 11 is 0. The van der Waals surface area contributed by atoms with Crippen LogP contribution in [0, 0.1) is 24.2 Å². The van der Waals surface area contributed by atoms with Gasteiger partial charge in [-0.3, -0.25) is 9.89 Å². The van der Waals surface area contributed by atoms with Crippen molar-refractivity contribution in [1.29, 1.82) is 5.26 Å². The van der Waals surface area contributed by atoms with E-state index in [4.69, 9.17) is 20.5 Å². The Kier molecular flexibility index (Phi) is 5.23. The molecule has 1 aromatic carbocycles. The summed E-state index contributed by atoms with van der Waals surface area (Å²) < 4.78 is 11.3. The van der Waals surface area contributed by atoms with E-state index in [0.717, 1.165) is 5.56 Å². The van der Waals surface area contributed by atoms with Crippen molar-refractivity contribution in [1.82, 2.24) is 10.2 Å². The third kappa shape index (κ3) is 3.83. The lowest BCUT2D eigenvalue weighted by Crippen LogP contribution is -2.20. The number of carbonyl (C=O) groups excluding carboxylic acids is 2. The van der Waals surface area contributed by atoms with Crippen LogP contribution in [0.2, 0.25) is 0 Å². The number of aromatic nitrogens is 2. The van der Waals surface area contributed by atoms with Gasteiger partial charge in [-0.1, -0.05) is 24.6 Å². The number of hydrogen-bond donors (Lipinski definition) is 2. The van der Waals surface area contributed by atoms with Gasteiger partial charge in [-0.2, -0.15) is 10.4 Å². The number of rotatable bonds is 5. The number of aryl methyl sites for hydroxylation is 1. The number of nitrogens with zero attached hydrogens (tertiary/aromatic N) is 2. The highest BCUT2D eigenvalue weighted by atomic mass is 16.6. The number of hydrogen-bond acceptors (Lipinski definition) is 6. The molecule has 8 nitrogen and oxygen atoms in total. The zero-order chi connectivity index (χ0) is 19.6. The lowest BCUT2D eigenvalue weighted by Gasteiger charge is -2.15. The van der Waals surface area contributed by atoms with E-state index in [0.29, 0.717) is 17.7 Å². The first-order valence-corrected chi connectivity index (χ1v) is 8.58. The van der Waals surface area contributed by atoms with E-state index in [-0.39, 0.29) is 29.9 Å². The average molecular weight is 368 g/mol. The minimum atomic E-state index is -0.736. The predicted molar refractivity (Wildman–Crippen MR) is 94.7 cm³/mol. The Hall–Kier alpha value is -3.18. The fraction of sp³-hybridized carbons (Fsp3) is 0.368. The molecule has 2 heterocycles. The van der Waals surface area contributed by atoms with Crippen LogP contribution in [-0.2, 0) is 9.47 Å². The van der Waals surface area contributed by atoms with Gasteiger partial charge in [0, 0.05) is 0 Å². The van der Waals surface area contributed by atoms with Gasteiger partial charge >= 0.3 is 5.97 Å². The molecule has 0 radical (unpaired) electrons. The Balaban J connectivity index is 1.66. The molecule has 27 heavy (non-hydrogen) atoms. The minimum absolute atomic E-state index is 0.0261. The highest BCUT2D eigenvalue weighted by molar-refractivity contribution is 5.96. The van der Waals surface area contributed by atoms with E-state index in [2.05, 4.69) is 10.2 Å². The highest BCUT2D eigenvalue weighted by Gasteiger charge is 2.38. The second kappa shape index (κ2) is 7.60. The first kappa shape index (κ1) is 18.6. The Morgan fingerprint density at radius 3 is 2.74 bits per heavy atom. The number of nitrogens with one attached hydrogen (secondary N) is 1. The number of esters is 1. The maximum Gasteiger partial charge on any atom is 0.338 e. The van der Waals surface area contributed by atoms with Crippen LogP contribution in [0.1, 0.15) is 57.1 Å². The van der Waals surface area contributed by atoms with Crippen LogP contribution in [0.25, 0.3) is 0 Å². The van der Waals surface area contributed by atoms with Gasteiger partial charge in [0.15, 0.2) is 5.69 Å². The van der Waals surface area contributed by atoms with Gasteiger partial charge in [0.25, 0.3) is 5.91 Å². The van der Waals surface area contributed by atoms with Gasteiger partial charge in [0.1, 0.15) is 24.3 Å². The van der Waals surface area contributed by atoms with Crippen LogP contribution in [-0.4, -0.2) is 34.8 Å². The molecule has 1 saturated heterocycles. The maximum absolute atomic E-state index is 12.1. The van der Waals surface area contributed by atoms with E-state index in [1.54, 1.807) is 12.1 Å². The molecule has 1 aliphatic heterocycles. The molecular weight excluding hydrogens is 348 g/mol. The standard InChI is InChI=1S/C19H20N4O4/c1-10-3-5-12(6-4-10)19(25)26-9-13-7-11(2)17(27-13)16-15(18(21)24)14(8-20)22-23-16/h3-6,11,13,17H,7,9H2,1-2H3,(H2,21,24)(H,22,23)/t11-,13-,17+/m0/s1. The Bertz CT molecular complexity index is 897. The summed E-state index contributed by atoms with van der Waals surface area (Å²) in [6.07, 6.45) is -0.176. The van der Waals surface area contributed by atoms with Crippen LogP contribution in [0.4, 0.5) is 0 Å². The Morgan fingerprint density at radius 2 is 2.11 bits per heavy atom. The van der Waals surface area contributed by atoms with Gasteiger partial charge in [0.2, 0.25) is 0 Å². The van der Waals surface area contributed by atoms with E-state index in [1.807, 2.05) is 32.0 Å². The number of nitriles is 1. The van der Waals surface area contributed by atoms with Crippen molar-refractivity contribution in [3.8, 4) is 6.07 Å². The van der Waals surface area contributed by atoms with Crippen molar-refractivity contribution in [2.75, 3.05) is 6.61 Å². The first-order valence-electron chi connectivity index (χ1n) is 8.58. The molecular formula is C19H20N4O4. The zero-order valence-electron chi connectivity index (χ0n) is 15.1. The lowest BCUT2D eigenvalue weighted by atomic mass is 9.96. The van der Waals surface area contributed by atoms with E-state index >= 15 is 0 Å². The molecule has 2 aromatic rings. The SMILES string of the molecule is Cc1ccc(C(=O)OC[C@@H]2C[C@H](C)[C@H](c3[nH]nc(C#N)c3C(N)=O)O2)cc1. The van der Waals surface area contributed by atoms with Crippen LogP contribution in [0.15, 0.2) is 24.3 Å². The molecule has 0 bridgehead atoms. The molecule has 0 unspecified atom stereocenters. The van der Waals surface area contributed by atoms with Gasteiger partial charge < -0.3 is 15.2 Å². The molecule has 1 fully saturated rings. The van der Waals surface area contributed by atoms with Crippen LogP contribution in [0.5, 0.6) is 0 Å². The summed E-state index contributed by atoms with van der Waals surface area (Å²) in [5.74, 6) is -1.13. The Morgan fingerprint density at radius 1 is 1.41 bits per heavy atom. The summed E-state index contributed by atoms with van der Waals surface area (Å²) in [7, 11) is 0. The molecule has 3 rings (SSSR count). The number of benzene rings is 1. The molecule has 1 amide bonds. The van der Waals surface area contributed by atoms with E-state index in [1.165, 1.54) is 0 Å². The molecule has 3 atom stereocenters. The molecule has 1 aliphatic rings. The van der Waals surface area contributed by atoms with Crippen LogP contribution in [0.3, 0.4) is 0 Å². The number of carbonyl (C=O) groups is 2. The highest BCUT2D eigenvalue weighted by Crippen LogP contribution is 2.39. The summed E-state index contributed by atoms with van der Waals surface area (Å²) in [5, 5.41) is 15.6. The van der Waals surface area contributed by atoms with Crippen molar-refractivity contribution in [3.63, 3.8) is 0 Å². The van der Waals surface area contributed by atoms with Crippen LogP contribution < -0.4 is 5.73 Å². The third-order valence-corrected chi connectivity index (χ3v) is 4.61. The summed E-state index contributed by atoms with van der Waals surface area (Å²) in [5.41, 5.74) is 7.30. The fourth-order valence-corrected chi connectivity index (χ4v) is 3.23. The number of aromatic amines is 1. The number of primary amides is 1. The fourth-order valence-electron chi connectivity index (χ4n) is 3.23. The molecule has 3 N–H and O–H groups in total. The summed E-state index contributed by atoms with van der Waals surface area (Å²) in [6, 6.07) is 8.96. The number of H-pyrrole nitrogens is 1. The smallest absolute Gasteiger partial charge is 0.338 e. The molecule has 140 valence electrons. The zero-order valence-corrected chi connectivity index (χ0v) is 15.1. The van der Waals surface area contributed by atoms with Crippen molar-refractivity contribution < 1.29 is 19.1 Å². The van der Waals surface area contributed by atoms with E-state index in [9.17, 15) is 9.59 Å². The molecule has 1 aromatic heterocycles. The lowest BCUT2D eigenvalue weighted by molar-refractivity contribution is -0.0129. The Labute approximate surface area is 156 Å². The van der Waals surface area contributed by atoms with E-state index < -0.39 is 18.0 Å². The quantitative estimate of drug-likeness (QED) is 0.776. The van der Waals surface area contributed by atoms with Gasteiger partial charge in [-0.05, 0) is 31.4 Å². The summed E-state index contributed by atoms with van der Waals surface area (Å²) in [6.45, 7) is 3.99. The number of nitrogens with two attached hydrogens (primary N) is 1. The molecule has 8 heteroatoms. The van der Waals surface area contributed by atoms with Crippen LogP contribution >= 0.6 is 0 Å². The van der Waals surface area contributed by atoms with Crippen molar-refractivity contribution >= 4 is 11.9 Å². The maximum atomic E-state index is 12.1. The topological polar surface area (TPSA) is 131 Å². The number of amides is 1. The van der Waals surface area contributed by atoms with Gasteiger partial charge in [-0.25, -0.2) is 4.79 Å². The van der Waals surface area contributed by atoms with Gasteiger partial charge in [-0.15, -0.1) is 0 Å². The predicted octanol–water partition coefficient (Wildman–Crippen LogP) is 2.01.